The van der Waals surface area contributed by atoms with Crippen LogP contribution in [0, 0.1) is 0 Å². The van der Waals surface area contributed by atoms with Crippen molar-refractivity contribution >= 4 is 5.97 Å². The van der Waals surface area contributed by atoms with Gasteiger partial charge in [0.25, 0.3) is 0 Å². The molecule has 0 aromatic heterocycles. The molecule has 0 bridgehead atoms. The Bertz CT molecular complexity index is 1240. The predicted molar refractivity (Wildman–Crippen MR) is 288 cm³/mol. The molecule has 1 saturated heterocycles. The predicted octanol–water partition coefficient (Wildman–Crippen LogP) is 15.0. The summed E-state index contributed by atoms with van der Waals surface area (Å²) in [6, 6.07) is 0. The first-order valence-electron chi connectivity index (χ1n) is 28.9. The zero-order chi connectivity index (χ0) is 49.9. The van der Waals surface area contributed by atoms with E-state index in [1.165, 1.54) is 154 Å². The molecule has 1 aliphatic rings. The van der Waals surface area contributed by atoms with Gasteiger partial charge < -0.3 is 39.4 Å². The lowest BCUT2D eigenvalue weighted by molar-refractivity contribution is -0.305. The molecule has 0 amide bonds. The van der Waals surface area contributed by atoms with Gasteiger partial charge in [-0.25, -0.2) is 0 Å². The summed E-state index contributed by atoms with van der Waals surface area (Å²) in [6.07, 6.45) is 59.8. The second-order valence-corrected chi connectivity index (χ2v) is 19.7. The number of ether oxygens (including phenoxy) is 4. The molecule has 1 rings (SSSR count). The van der Waals surface area contributed by atoms with E-state index < -0.39 is 43.4 Å². The topological polar surface area (TPSA) is 135 Å². The van der Waals surface area contributed by atoms with Gasteiger partial charge in [-0.15, -0.1) is 0 Å². The lowest BCUT2D eigenvalue weighted by Gasteiger charge is -2.39. The highest BCUT2D eigenvalue weighted by atomic mass is 16.7. The highest BCUT2D eigenvalue weighted by molar-refractivity contribution is 5.69. The largest absolute Gasteiger partial charge is 0.457 e. The molecule has 0 aliphatic carbocycles. The van der Waals surface area contributed by atoms with Gasteiger partial charge in [0.15, 0.2) is 6.29 Å². The average molecular weight is 974 g/mol. The minimum Gasteiger partial charge on any atom is -0.457 e. The Balaban J connectivity index is 2.16. The minimum absolute atomic E-state index is 0.116. The molecule has 69 heavy (non-hydrogen) atoms. The normalized spacial score (nSPS) is 19.4. The van der Waals surface area contributed by atoms with Crippen molar-refractivity contribution in [3.63, 3.8) is 0 Å². The molecule has 9 nitrogen and oxygen atoms in total. The summed E-state index contributed by atoms with van der Waals surface area (Å²) >= 11 is 0. The van der Waals surface area contributed by atoms with Gasteiger partial charge in [-0.05, 0) is 57.8 Å². The smallest absolute Gasteiger partial charge is 0.306 e. The first-order valence-corrected chi connectivity index (χ1v) is 28.9. The molecular weight excluding hydrogens is 865 g/mol. The molecule has 402 valence electrons. The van der Waals surface area contributed by atoms with Crippen LogP contribution < -0.4 is 0 Å². The van der Waals surface area contributed by atoms with Crippen LogP contribution in [0.25, 0.3) is 0 Å². The Kier molecular flexibility index (Phi) is 47.8. The zero-order valence-electron chi connectivity index (χ0n) is 44.6. The molecule has 0 aromatic rings. The van der Waals surface area contributed by atoms with Crippen LogP contribution in [0.4, 0.5) is 0 Å². The number of hydrogen-bond acceptors (Lipinski definition) is 9. The lowest BCUT2D eigenvalue weighted by atomic mass is 9.99. The van der Waals surface area contributed by atoms with E-state index in [9.17, 15) is 25.2 Å². The molecule has 6 atom stereocenters. The van der Waals surface area contributed by atoms with Gasteiger partial charge in [0, 0.05) is 13.0 Å². The van der Waals surface area contributed by atoms with E-state index >= 15 is 0 Å². The molecular formula is C60H108O9. The number of aliphatic hydroxyl groups excluding tert-OH is 4. The molecule has 4 N–H and O–H groups in total. The summed E-state index contributed by atoms with van der Waals surface area (Å²) in [5, 5.41) is 40.4. The fourth-order valence-electron chi connectivity index (χ4n) is 8.76. The third kappa shape index (κ3) is 41.1. The van der Waals surface area contributed by atoms with Gasteiger partial charge in [-0.3, -0.25) is 4.79 Å². The van der Waals surface area contributed by atoms with Crippen molar-refractivity contribution < 1.29 is 44.2 Å². The first-order chi connectivity index (χ1) is 33.9. The van der Waals surface area contributed by atoms with Crippen molar-refractivity contribution in [1.82, 2.24) is 0 Å². The van der Waals surface area contributed by atoms with Gasteiger partial charge in [0.05, 0.1) is 19.8 Å². The molecule has 0 aromatic carbocycles. The maximum atomic E-state index is 12.9. The van der Waals surface area contributed by atoms with E-state index in [0.29, 0.717) is 13.0 Å². The molecule has 1 aliphatic heterocycles. The second-order valence-electron chi connectivity index (χ2n) is 19.7. The van der Waals surface area contributed by atoms with Crippen LogP contribution in [0.3, 0.4) is 0 Å². The maximum absolute atomic E-state index is 12.9. The number of carbonyl (C=O) groups excluding carboxylic acids is 1. The van der Waals surface area contributed by atoms with Gasteiger partial charge in [-0.2, -0.15) is 0 Å². The molecule has 1 fully saturated rings. The summed E-state index contributed by atoms with van der Waals surface area (Å²) in [7, 11) is 0. The van der Waals surface area contributed by atoms with E-state index in [-0.39, 0.29) is 19.2 Å². The fraction of sp³-hybridized carbons (Fsp3) is 0.817. The Morgan fingerprint density at radius 2 is 0.884 bits per heavy atom. The Hall–Kier alpha value is -2.11. The lowest BCUT2D eigenvalue weighted by Crippen LogP contribution is -2.59. The molecule has 1 heterocycles. The summed E-state index contributed by atoms with van der Waals surface area (Å²) in [5.74, 6) is -0.313. The molecule has 9 heteroatoms. The van der Waals surface area contributed by atoms with E-state index in [4.69, 9.17) is 18.9 Å². The van der Waals surface area contributed by atoms with E-state index in [1.807, 2.05) is 0 Å². The Morgan fingerprint density at radius 3 is 1.33 bits per heavy atom. The average Bonchev–Trinajstić information content (AvgIpc) is 3.35. The Labute approximate surface area is 424 Å². The van der Waals surface area contributed by atoms with Crippen LogP contribution in [0.2, 0.25) is 0 Å². The van der Waals surface area contributed by atoms with Crippen LogP contribution in [0.15, 0.2) is 60.8 Å². The van der Waals surface area contributed by atoms with E-state index in [0.717, 1.165) is 77.0 Å². The summed E-state index contributed by atoms with van der Waals surface area (Å²) in [6.45, 7) is 4.47. The highest BCUT2D eigenvalue weighted by Gasteiger charge is 2.44. The highest BCUT2D eigenvalue weighted by Crippen LogP contribution is 2.23. The van der Waals surface area contributed by atoms with Crippen LogP contribution >= 0.6 is 0 Å². The minimum atomic E-state index is -1.54. The molecule has 0 saturated carbocycles. The molecule has 0 spiro atoms. The summed E-state index contributed by atoms with van der Waals surface area (Å²) in [4.78, 5) is 12.9. The van der Waals surface area contributed by atoms with Crippen molar-refractivity contribution in [2.45, 2.75) is 288 Å². The van der Waals surface area contributed by atoms with Crippen molar-refractivity contribution in [2.75, 3.05) is 26.4 Å². The third-order valence-corrected chi connectivity index (χ3v) is 13.2. The monoisotopic (exact) mass is 973 g/mol. The van der Waals surface area contributed by atoms with Gasteiger partial charge in [0.2, 0.25) is 0 Å². The third-order valence-electron chi connectivity index (χ3n) is 13.2. The number of carbonyl (C=O) groups is 1. The maximum Gasteiger partial charge on any atom is 0.306 e. The van der Waals surface area contributed by atoms with Crippen molar-refractivity contribution in [1.29, 1.82) is 0 Å². The standard InChI is InChI=1S/C60H108O9/c1-3-5-7-9-11-13-15-17-19-21-23-25-27-28-30-32-34-36-38-40-42-44-46-48-50-66-52-54(53-67-60-59(65)58(64)57(63)55(51-61)69-60)68-56(62)49-47-45-43-41-39-37-35-33-31-29-26-24-22-20-18-16-14-12-10-8-6-4-2/h5,7,11,13,17,19,23,25,28,30,54-55,57-61,63-65H,3-4,6,8-10,12,14-16,18,20-22,24,26-27,29,31-53H2,1-2H3/b7-5-,13-11-,19-17-,25-23-,30-28-. The van der Waals surface area contributed by atoms with Gasteiger partial charge in [0.1, 0.15) is 30.5 Å². The quantitative estimate of drug-likeness (QED) is 0.0267. The van der Waals surface area contributed by atoms with E-state index in [2.05, 4.69) is 74.6 Å². The van der Waals surface area contributed by atoms with Crippen molar-refractivity contribution in [3.05, 3.63) is 60.8 Å². The van der Waals surface area contributed by atoms with Crippen LogP contribution in [-0.2, 0) is 23.7 Å². The number of unbranched alkanes of at least 4 members (excludes halogenated alkanes) is 29. The van der Waals surface area contributed by atoms with Crippen molar-refractivity contribution in [3.8, 4) is 0 Å². The van der Waals surface area contributed by atoms with Crippen molar-refractivity contribution in [2.24, 2.45) is 0 Å². The molecule has 6 unspecified atom stereocenters. The van der Waals surface area contributed by atoms with Gasteiger partial charge >= 0.3 is 5.97 Å². The zero-order valence-corrected chi connectivity index (χ0v) is 44.6. The number of esters is 1. The number of allylic oxidation sites excluding steroid dienone is 10. The first kappa shape index (κ1) is 64.9. The summed E-state index contributed by atoms with van der Waals surface area (Å²) < 4.78 is 23.0. The fourth-order valence-corrected chi connectivity index (χ4v) is 8.76. The second kappa shape index (κ2) is 50.8. The number of aliphatic hydroxyl groups is 4. The Morgan fingerprint density at radius 1 is 0.478 bits per heavy atom. The number of rotatable bonds is 50. The van der Waals surface area contributed by atoms with Crippen LogP contribution in [0.1, 0.15) is 251 Å². The number of hydrogen-bond donors (Lipinski definition) is 4. The summed E-state index contributed by atoms with van der Waals surface area (Å²) in [5.41, 5.74) is 0. The molecule has 0 radical (unpaired) electrons. The SMILES string of the molecule is CC/C=C\C/C=C\C/C=C\C/C=C\C/C=C\CCCCCCCCCCOCC(COC1OC(CO)C(O)C(O)C1O)OC(=O)CCCCCCCCCCCCCCCCCCCCCCCC. The van der Waals surface area contributed by atoms with Crippen LogP contribution in [0.5, 0.6) is 0 Å². The van der Waals surface area contributed by atoms with Crippen LogP contribution in [-0.4, -0.2) is 89.6 Å². The van der Waals surface area contributed by atoms with Gasteiger partial charge in [-0.1, -0.05) is 248 Å². The van der Waals surface area contributed by atoms with E-state index in [1.54, 1.807) is 0 Å².